The third-order valence-electron chi connectivity index (χ3n) is 13.2. The summed E-state index contributed by atoms with van der Waals surface area (Å²) in [4.78, 5) is 15.3. The Hall–Kier alpha value is -9.77. The maximum atomic E-state index is 9.99. The lowest BCUT2D eigenvalue weighted by molar-refractivity contribution is 0.669. The first-order valence-corrected chi connectivity index (χ1v) is 24.2. The average Bonchev–Trinajstić information content (AvgIpc) is 4.06. The molecule has 0 saturated heterocycles. The highest BCUT2D eigenvalue weighted by atomic mass is 16.3. The van der Waals surface area contributed by atoms with Gasteiger partial charge in [0.1, 0.15) is 11.2 Å². The molecule has 11 aromatic carbocycles. The number of nitrogens with zero attached hydrogens (tertiary/aromatic N) is 3. The molecule has 0 bridgehead atoms. The Balaban J connectivity index is 1.02. The van der Waals surface area contributed by atoms with Crippen molar-refractivity contribution in [2.75, 3.05) is 0 Å². The van der Waals surface area contributed by atoms with Gasteiger partial charge in [0, 0.05) is 27.5 Å². The summed E-state index contributed by atoms with van der Waals surface area (Å²) in [6.07, 6.45) is 0. The monoisotopic (exact) mass is 937 g/mol. The van der Waals surface area contributed by atoms with Crippen LogP contribution < -0.4 is 0 Å². The Morgan fingerprint density at radius 1 is 0.274 bits per heavy atom. The highest BCUT2D eigenvalue weighted by molar-refractivity contribution is 6.13. The van der Waals surface area contributed by atoms with Crippen LogP contribution in [0.2, 0.25) is 0 Å². The van der Waals surface area contributed by atoms with Gasteiger partial charge in [-0.05, 0) is 138 Å². The van der Waals surface area contributed by atoms with Crippen molar-refractivity contribution in [3.05, 3.63) is 273 Å². The zero-order valence-corrected chi connectivity index (χ0v) is 39.3. The van der Waals surface area contributed by atoms with Gasteiger partial charge in [-0.1, -0.05) is 212 Å². The lowest BCUT2D eigenvalue weighted by atomic mass is 9.91. The van der Waals surface area contributed by atoms with Crippen LogP contribution in [0.15, 0.2) is 277 Å². The second kappa shape index (κ2) is 18.9. The number of benzene rings is 11. The van der Waals surface area contributed by atoms with E-state index in [4.69, 9.17) is 20.7 Å². The van der Waals surface area contributed by atoms with Crippen LogP contribution in [0.25, 0.3) is 134 Å². The van der Waals surface area contributed by atoms with E-state index >= 15 is 0 Å². The van der Waals surface area contributed by atoms with Gasteiger partial charge in [0.15, 0.2) is 17.5 Å². The molecule has 0 saturated carbocycles. The number of hydrogen-bond acceptors (Lipinski definition) is 4. The van der Waals surface area contributed by atoms with E-state index in [-0.39, 0.29) is 86.8 Å². The molecule has 0 atom stereocenters. The van der Waals surface area contributed by atoms with Crippen LogP contribution in [0.5, 0.6) is 0 Å². The summed E-state index contributed by atoms with van der Waals surface area (Å²) >= 11 is 0. The fourth-order valence-electron chi connectivity index (χ4n) is 9.56. The maximum absolute atomic E-state index is 9.99. The third kappa shape index (κ3) is 8.68. The molecule has 4 nitrogen and oxygen atoms in total. The van der Waals surface area contributed by atoms with E-state index in [1.54, 1.807) is 0 Å². The molecule has 4 heteroatoms. The quantitative estimate of drug-likeness (QED) is 0.137. The molecular weight excluding hydrogens is 887 g/mol. The summed E-state index contributed by atoms with van der Waals surface area (Å²) in [5, 5.41) is 0.294. The van der Waals surface area contributed by atoms with E-state index in [9.17, 15) is 6.85 Å². The lowest BCUT2D eigenvalue weighted by Crippen LogP contribution is -2.00. The highest BCUT2D eigenvalue weighted by Gasteiger charge is 2.19. The van der Waals surface area contributed by atoms with E-state index in [0.717, 1.165) is 66.8 Å². The molecule has 13 rings (SSSR count). The van der Waals surface area contributed by atoms with Crippen LogP contribution in [0, 0.1) is 0 Å². The van der Waals surface area contributed by atoms with Gasteiger partial charge < -0.3 is 4.42 Å². The Kier molecular flexibility index (Phi) is 9.59. The predicted octanol–water partition coefficient (Wildman–Crippen LogP) is 18.4. The average molecular weight is 938 g/mol. The first-order valence-electron chi connectivity index (χ1n) is 27.2. The van der Waals surface area contributed by atoms with E-state index in [1.807, 2.05) is 170 Å². The molecule has 0 N–H and O–H groups in total. The second-order valence-electron chi connectivity index (χ2n) is 17.9. The summed E-state index contributed by atoms with van der Waals surface area (Å²) in [5.41, 5.74) is 13.6. The molecule has 0 unspecified atom stereocenters. The SMILES string of the molecule is [2H]c1c([2H])c(-c2cc(-c3ccccc3)cc(-c3ccccc3)c2)c2c(oc3c([2H])c(-c4nc(-c5ccc(-c6cccc(-c7ccccc7)c6)cc5)nc(-c5cc(-c6ccccc6)cc(-c6ccccc6)c5)n4)c([2H])c([2H])c32)c1[2H]. The number of furan rings is 1. The second-order valence-corrected chi connectivity index (χ2v) is 17.9. The zero-order chi connectivity index (χ0) is 53.7. The molecular formula is C69H45N3O. The van der Waals surface area contributed by atoms with Gasteiger partial charge in [-0.15, -0.1) is 0 Å². The molecule has 2 aromatic heterocycles. The smallest absolute Gasteiger partial charge is 0.164 e. The summed E-state index contributed by atoms with van der Waals surface area (Å²) < 4.78 is 64.1. The van der Waals surface area contributed by atoms with Crippen molar-refractivity contribution in [1.29, 1.82) is 0 Å². The fraction of sp³-hybridized carbons (Fsp3) is 0. The van der Waals surface area contributed by atoms with Crippen molar-refractivity contribution in [3.63, 3.8) is 0 Å². The lowest BCUT2D eigenvalue weighted by Gasteiger charge is -2.13. The van der Waals surface area contributed by atoms with Crippen molar-refractivity contribution < 1.29 is 12.6 Å². The van der Waals surface area contributed by atoms with Crippen LogP contribution in [0.3, 0.4) is 0 Å². The molecule has 0 fully saturated rings. The van der Waals surface area contributed by atoms with Crippen molar-refractivity contribution in [3.8, 4) is 112 Å². The number of aromatic nitrogens is 3. The first-order chi connectivity index (χ1) is 38.6. The number of hydrogen-bond donors (Lipinski definition) is 0. The van der Waals surface area contributed by atoms with Gasteiger partial charge in [-0.2, -0.15) is 0 Å². The summed E-state index contributed by atoms with van der Waals surface area (Å²) in [5.74, 6) is 0.547. The zero-order valence-electron chi connectivity index (χ0n) is 45.3. The molecule has 0 aliphatic carbocycles. The molecule has 0 aliphatic heterocycles. The highest BCUT2D eigenvalue weighted by Crippen LogP contribution is 2.42. The van der Waals surface area contributed by atoms with Gasteiger partial charge in [0.05, 0.1) is 8.22 Å². The minimum Gasteiger partial charge on any atom is -0.456 e. The molecule has 73 heavy (non-hydrogen) atoms. The molecule has 13 aromatic rings. The molecule has 0 radical (unpaired) electrons. The summed E-state index contributed by atoms with van der Waals surface area (Å²) in [7, 11) is 0. The summed E-state index contributed by atoms with van der Waals surface area (Å²) in [6.45, 7) is 0. The number of fused-ring (bicyclic) bond motifs is 3. The van der Waals surface area contributed by atoms with Gasteiger partial charge in [0.25, 0.3) is 0 Å². The van der Waals surface area contributed by atoms with Crippen molar-refractivity contribution in [1.82, 2.24) is 15.0 Å². The van der Waals surface area contributed by atoms with Crippen molar-refractivity contribution in [2.24, 2.45) is 0 Å². The topological polar surface area (TPSA) is 51.8 Å². The molecule has 0 amide bonds. The minimum atomic E-state index is -0.369. The Labute approximate surface area is 432 Å². The standard InChI is InChI=1S/C69H45N3O/c1-6-18-46(19-7-1)53-28-16-29-54(38-53)51-32-34-52(35-33-51)67-70-68(72-69(71-67)61-43-58(49-24-12-4-13-25-49)40-59(44-61)50-26-14-5-15-27-50)55-36-37-63-65(45-55)73-64-31-17-30-62(66(63)64)60-41-56(47-20-8-2-9-21-47)39-57(42-60)48-22-10-3-11-23-48/h1-45H/i17D,30D,31D,36D,37D,45D. The van der Waals surface area contributed by atoms with Gasteiger partial charge in [0.2, 0.25) is 0 Å². The van der Waals surface area contributed by atoms with Crippen LogP contribution >= 0.6 is 0 Å². The summed E-state index contributed by atoms with van der Waals surface area (Å²) in [6, 6.07) is 76.7. The normalized spacial score (nSPS) is 12.4. The van der Waals surface area contributed by atoms with Crippen LogP contribution in [0.4, 0.5) is 0 Å². The Morgan fingerprint density at radius 3 is 1.14 bits per heavy atom. The Morgan fingerprint density at radius 2 is 0.644 bits per heavy atom. The maximum Gasteiger partial charge on any atom is 0.164 e. The van der Waals surface area contributed by atoms with Crippen molar-refractivity contribution in [2.45, 2.75) is 0 Å². The molecule has 0 aliphatic rings. The van der Waals surface area contributed by atoms with Gasteiger partial charge >= 0.3 is 0 Å². The van der Waals surface area contributed by atoms with E-state index < -0.39 is 0 Å². The first kappa shape index (κ1) is 37.1. The molecule has 0 spiro atoms. The van der Waals surface area contributed by atoms with Gasteiger partial charge in [-0.25, -0.2) is 15.0 Å². The fourth-order valence-corrected chi connectivity index (χ4v) is 9.56. The van der Waals surface area contributed by atoms with E-state index in [1.165, 1.54) is 0 Å². The number of rotatable bonds is 10. The van der Waals surface area contributed by atoms with Crippen LogP contribution in [0.1, 0.15) is 8.22 Å². The Bertz CT molecular complexity index is 4350. The molecule has 342 valence electrons. The van der Waals surface area contributed by atoms with Crippen molar-refractivity contribution >= 4 is 21.9 Å². The van der Waals surface area contributed by atoms with E-state index in [0.29, 0.717) is 16.7 Å². The van der Waals surface area contributed by atoms with E-state index in [2.05, 4.69) is 66.7 Å². The minimum absolute atomic E-state index is 0.0198. The van der Waals surface area contributed by atoms with Gasteiger partial charge in [-0.3, -0.25) is 0 Å². The van der Waals surface area contributed by atoms with Crippen LogP contribution in [-0.4, -0.2) is 15.0 Å². The van der Waals surface area contributed by atoms with Crippen LogP contribution in [-0.2, 0) is 0 Å². The largest absolute Gasteiger partial charge is 0.456 e. The molecule has 2 heterocycles. The predicted molar refractivity (Wildman–Crippen MR) is 301 cm³/mol. The third-order valence-corrected chi connectivity index (χ3v) is 13.2.